The molecule has 0 aliphatic heterocycles. The molecule has 2 N–H and O–H groups in total. The second kappa shape index (κ2) is 6.05. The molecule has 0 heterocycles. The summed E-state index contributed by atoms with van der Waals surface area (Å²) in [6.45, 7) is 5.04. The van der Waals surface area contributed by atoms with E-state index in [1.165, 1.54) is 6.42 Å². The molecule has 0 aromatic heterocycles. The lowest BCUT2D eigenvalue weighted by Gasteiger charge is -2.08. The first-order chi connectivity index (χ1) is 4.31. The highest BCUT2D eigenvalue weighted by molar-refractivity contribution is 4.48. The minimum absolute atomic E-state index is 0.295. The van der Waals surface area contributed by atoms with Crippen molar-refractivity contribution < 1.29 is 5.11 Å². The summed E-state index contributed by atoms with van der Waals surface area (Å²) in [6.07, 6.45) is 2.83. The van der Waals surface area contributed by atoms with Crippen LogP contribution in [0.5, 0.6) is 0 Å². The van der Waals surface area contributed by atoms with Crippen LogP contribution in [-0.2, 0) is 0 Å². The Labute approximate surface area is 57.3 Å². The zero-order valence-corrected chi connectivity index (χ0v) is 6.35. The fraction of sp³-hybridized carbons (Fsp3) is 1.00. The van der Waals surface area contributed by atoms with Crippen LogP contribution in [0.15, 0.2) is 0 Å². The van der Waals surface area contributed by atoms with Crippen LogP contribution in [0.4, 0.5) is 0 Å². The third-order valence-corrected chi connectivity index (χ3v) is 1.30. The Morgan fingerprint density at radius 3 is 2.56 bits per heavy atom. The van der Waals surface area contributed by atoms with Crippen molar-refractivity contribution in [1.82, 2.24) is 5.32 Å². The van der Waals surface area contributed by atoms with E-state index in [2.05, 4.69) is 12.2 Å². The molecule has 0 aromatic carbocycles. The standard InChI is InChI=1S/C7H17NO/c1-3-5-6-8-7(9)4-2/h7-9H,3-6H2,1-2H3/t7-/m0/s1. The molecule has 56 valence electrons. The molecule has 0 saturated carbocycles. The lowest BCUT2D eigenvalue weighted by Crippen LogP contribution is -2.28. The molecule has 0 aliphatic carbocycles. The average Bonchev–Trinajstić information content (AvgIpc) is 1.89. The number of aliphatic hydroxyl groups is 1. The van der Waals surface area contributed by atoms with E-state index in [0.717, 1.165) is 19.4 Å². The van der Waals surface area contributed by atoms with Crippen LogP contribution in [0.25, 0.3) is 0 Å². The molecule has 0 saturated heterocycles. The first-order valence-corrected chi connectivity index (χ1v) is 3.72. The van der Waals surface area contributed by atoms with Gasteiger partial charge in [-0.2, -0.15) is 0 Å². The summed E-state index contributed by atoms with van der Waals surface area (Å²) >= 11 is 0. The van der Waals surface area contributed by atoms with Crippen LogP contribution in [0.1, 0.15) is 33.1 Å². The Balaban J connectivity index is 2.88. The maximum atomic E-state index is 8.97. The fourth-order valence-electron chi connectivity index (χ4n) is 0.590. The number of hydrogen-bond acceptors (Lipinski definition) is 2. The van der Waals surface area contributed by atoms with Gasteiger partial charge in [0.25, 0.3) is 0 Å². The monoisotopic (exact) mass is 131 g/mol. The Bertz CT molecular complexity index is 56.9. The molecule has 2 nitrogen and oxygen atoms in total. The molecule has 0 unspecified atom stereocenters. The highest BCUT2D eigenvalue weighted by Crippen LogP contribution is 1.86. The zero-order valence-electron chi connectivity index (χ0n) is 6.35. The van der Waals surface area contributed by atoms with E-state index in [9.17, 15) is 0 Å². The van der Waals surface area contributed by atoms with Crippen LogP contribution >= 0.6 is 0 Å². The van der Waals surface area contributed by atoms with E-state index in [1.807, 2.05) is 6.92 Å². The average molecular weight is 131 g/mol. The molecule has 0 bridgehead atoms. The predicted molar refractivity (Wildman–Crippen MR) is 39.2 cm³/mol. The maximum absolute atomic E-state index is 8.97. The third-order valence-electron chi connectivity index (χ3n) is 1.30. The molecule has 2 heteroatoms. The smallest absolute Gasteiger partial charge is 0.104 e. The summed E-state index contributed by atoms with van der Waals surface area (Å²) in [5, 5.41) is 12.0. The number of unbranched alkanes of at least 4 members (excludes halogenated alkanes) is 1. The Hall–Kier alpha value is -0.0800. The van der Waals surface area contributed by atoms with Crippen LogP contribution in [-0.4, -0.2) is 17.9 Å². The molecule has 0 aliphatic rings. The van der Waals surface area contributed by atoms with Crippen LogP contribution < -0.4 is 5.32 Å². The molecular weight excluding hydrogens is 114 g/mol. The summed E-state index contributed by atoms with van der Waals surface area (Å²) in [6, 6.07) is 0. The Morgan fingerprint density at radius 1 is 1.44 bits per heavy atom. The van der Waals surface area contributed by atoms with Crippen molar-refractivity contribution in [3.63, 3.8) is 0 Å². The first-order valence-electron chi connectivity index (χ1n) is 3.72. The van der Waals surface area contributed by atoms with Crippen molar-refractivity contribution in [1.29, 1.82) is 0 Å². The van der Waals surface area contributed by atoms with Gasteiger partial charge in [-0.05, 0) is 19.4 Å². The SMILES string of the molecule is CCCCN[C@@H](O)CC. The summed E-state index contributed by atoms with van der Waals surface area (Å²) in [7, 11) is 0. The molecular formula is C7H17NO. The molecule has 0 amide bonds. The van der Waals surface area contributed by atoms with Gasteiger partial charge in [0.1, 0.15) is 6.23 Å². The summed E-state index contributed by atoms with van der Waals surface area (Å²) in [5.74, 6) is 0. The first kappa shape index (κ1) is 8.92. The van der Waals surface area contributed by atoms with Gasteiger partial charge in [0, 0.05) is 0 Å². The van der Waals surface area contributed by atoms with Crippen molar-refractivity contribution in [3.8, 4) is 0 Å². The van der Waals surface area contributed by atoms with Gasteiger partial charge in [-0.15, -0.1) is 0 Å². The van der Waals surface area contributed by atoms with Crippen molar-refractivity contribution >= 4 is 0 Å². The number of aliphatic hydroxyl groups excluding tert-OH is 1. The van der Waals surface area contributed by atoms with E-state index >= 15 is 0 Å². The molecule has 0 rings (SSSR count). The number of hydrogen-bond donors (Lipinski definition) is 2. The second-order valence-corrected chi connectivity index (χ2v) is 2.23. The second-order valence-electron chi connectivity index (χ2n) is 2.23. The van der Waals surface area contributed by atoms with Gasteiger partial charge < -0.3 is 5.11 Å². The fourth-order valence-corrected chi connectivity index (χ4v) is 0.590. The van der Waals surface area contributed by atoms with Gasteiger partial charge >= 0.3 is 0 Å². The highest BCUT2D eigenvalue weighted by Gasteiger charge is 1.95. The van der Waals surface area contributed by atoms with E-state index in [0.29, 0.717) is 0 Å². The number of rotatable bonds is 5. The van der Waals surface area contributed by atoms with E-state index in [1.54, 1.807) is 0 Å². The van der Waals surface area contributed by atoms with Gasteiger partial charge in [-0.25, -0.2) is 0 Å². The quantitative estimate of drug-likeness (QED) is 0.432. The zero-order chi connectivity index (χ0) is 7.11. The van der Waals surface area contributed by atoms with E-state index in [4.69, 9.17) is 5.11 Å². The van der Waals surface area contributed by atoms with Crippen LogP contribution in [0, 0.1) is 0 Å². The summed E-state index contributed by atoms with van der Waals surface area (Å²) in [5.41, 5.74) is 0. The van der Waals surface area contributed by atoms with E-state index in [-0.39, 0.29) is 6.23 Å². The lowest BCUT2D eigenvalue weighted by atomic mass is 10.3. The van der Waals surface area contributed by atoms with Crippen molar-refractivity contribution in [2.45, 2.75) is 39.3 Å². The molecule has 0 fully saturated rings. The predicted octanol–water partition coefficient (Wildman–Crippen LogP) is 1.10. The lowest BCUT2D eigenvalue weighted by molar-refractivity contribution is 0.133. The minimum atomic E-state index is -0.295. The highest BCUT2D eigenvalue weighted by atomic mass is 16.3. The normalized spacial score (nSPS) is 13.7. The maximum Gasteiger partial charge on any atom is 0.104 e. The summed E-state index contributed by atoms with van der Waals surface area (Å²) < 4.78 is 0. The van der Waals surface area contributed by atoms with Gasteiger partial charge in [0.15, 0.2) is 0 Å². The van der Waals surface area contributed by atoms with Gasteiger partial charge in [-0.1, -0.05) is 20.3 Å². The van der Waals surface area contributed by atoms with Crippen molar-refractivity contribution in [2.75, 3.05) is 6.54 Å². The van der Waals surface area contributed by atoms with E-state index < -0.39 is 0 Å². The van der Waals surface area contributed by atoms with Crippen molar-refractivity contribution in [2.24, 2.45) is 0 Å². The van der Waals surface area contributed by atoms with Crippen LogP contribution in [0.2, 0.25) is 0 Å². The Morgan fingerprint density at radius 2 is 2.11 bits per heavy atom. The van der Waals surface area contributed by atoms with Crippen molar-refractivity contribution in [3.05, 3.63) is 0 Å². The molecule has 0 aromatic rings. The Kier molecular flexibility index (Phi) is 5.99. The minimum Gasteiger partial charge on any atom is -0.379 e. The summed E-state index contributed by atoms with van der Waals surface area (Å²) in [4.78, 5) is 0. The van der Waals surface area contributed by atoms with Gasteiger partial charge in [0.2, 0.25) is 0 Å². The molecule has 0 spiro atoms. The third kappa shape index (κ3) is 5.80. The largest absolute Gasteiger partial charge is 0.379 e. The van der Waals surface area contributed by atoms with Crippen LogP contribution in [0.3, 0.4) is 0 Å². The molecule has 9 heavy (non-hydrogen) atoms. The van der Waals surface area contributed by atoms with Gasteiger partial charge in [0.05, 0.1) is 0 Å². The molecule has 1 atom stereocenters. The number of nitrogens with one attached hydrogen (secondary N) is 1. The van der Waals surface area contributed by atoms with Gasteiger partial charge in [-0.3, -0.25) is 5.32 Å². The molecule has 0 radical (unpaired) electrons. The topological polar surface area (TPSA) is 32.3 Å².